The van der Waals surface area contributed by atoms with Crippen LogP contribution in [-0.2, 0) is 6.54 Å². The predicted octanol–water partition coefficient (Wildman–Crippen LogP) is 4.38. The van der Waals surface area contributed by atoms with E-state index in [1.165, 1.54) is 5.69 Å². The van der Waals surface area contributed by atoms with Crippen molar-refractivity contribution in [3.63, 3.8) is 0 Å². The lowest BCUT2D eigenvalue weighted by molar-refractivity contribution is 0.313. The van der Waals surface area contributed by atoms with Gasteiger partial charge in [0.1, 0.15) is 5.65 Å². The van der Waals surface area contributed by atoms with Crippen LogP contribution < -0.4 is 15.8 Å². The first kappa shape index (κ1) is 25.9. The minimum Gasteiger partial charge on any atom is -0.369 e. The summed E-state index contributed by atoms with van der Waals surface area (Å²) in [7, 11) is 2.15. The molecule has 6 rings (SSSR count). The molecule has 0 atom stereocenters. The monoisotopic (exact) mass is 557 g/mol. The van der Waals surface area contributed by atoms with E-state index in [0.717, 1.165) is 31.9 Å². The first-order valence-electron chi connectivity index (χ1n) is 13.1. The smallest absolute Gasteiger partial charge is 0.261 e. The quantitative estimate of drug-likeness (QED) is 0.322. The van der Waals surface area contributed by atoms with Crippen LogP contribution in [0.15, 0.2) is 58.1 Å². The van der Waals surface area contributed by atoms with E-state index in [-0.39, 0.29) is 5.56 Å². The number of nitrogens with one attached hydrogen (secondary N) is 1. The highest BCUT2D eigenvalue weighted by Gasteiger charge is 2.18. The lowest BCUT2D eigenvalue weighted by Crippen LogP contribution is -2.44. The molecule has 1 N–H and O–H groups in total. The molecule has 12 heteroatoms. The Balaban J connectivity index is 1.28. The molecule has 204 valence electrons. The zero-order valence-electron chi connectivity index (χ0n) is 22.4. The molecule has 4 aromatic heterocycles. The molecule has 0 saturated carbocycles. The van der Waals surface area contributed by atoms with Gasteiger partial charge in [0, 0.05) is 74.4 Å². The van der Waals surface area contributed by atoms with E-state index in [0.29, 0.717) is 57.1 Å². The normalized spacial score (nSPS) is 14.2. The predicted molar refractivity (Wildman–Crippen MR) is 155 cm³/mol. The van der Waals surface area contributed by atoms with Crippen LogP contribution in [0.5, 0.6) is 0 Å². The number of hydrogen-bond acceptors (Lipinski definition) is 10. The van der Waals surface area contributed by atoms with Gasteiger partial charge in [0.05, 0.1) is 16.3 Å². The Bertz CT molecular complexity index is 1740. The van der Waals surface area contributed by atoms with Gasteiger partial charge in [-0.25, -0.2) is 4.98 Å². The van der Waals surface area contributed by atoms with Gasteiger partial charge in [-0.3, -0.25) is 14.3 Å². The fraction of sp³-hybridized carbons (Fsp3) is 0.286. The highest BCUT2D eigenvalue weighted by atomic mass is 35.5. The molecule has 5 aromatic rings. The van der Waals surface area contributed by atoms with E-state index in [1.807, 2.05) is 19.1 Å². The molecule has 0 aliphatic carbocycles. The molecule has 40 heavy (non-hydrogen) atoms. The van der Waals surface area contributed by atoms with Crippen LogP contribution >= 0.6 is 11.6 Å². The summed E-state index contributed by atoms with van der Waals surface area (Å²) >= 11 is 6.58. The molecule has 0 radical (unpaired) electrons. The molecular weight excluding hydrogens is 530 g/mol. The number of anilines is 3. The maximum absolute atomic E-state index is 13.5. The van der Waals surface area contributed by atoms with Gasteiger partial charge in [0.15, 0.2) is 0 Å². The van der Waals surface area contributed by atoms with Crippen LogP contribution in [0.1, 0.15) is 12.8 Å². The minimum atomic E-state index is -0.242. The summed E-state index contributed by atoms with van der Waals surface area (Å²) in [6.07, 6.45) is 3.27. The van der Waals surface area contributed by atoms with Crippen LogP contribution in [-0.4, -0.2) is 67.8 Å². The zero-order valence-corrected chi connectivity index (χ0v) is 23.2. The summed E-state index contributed by atoms with van der Waals surface area (Å²) in [5.41, 5.74) is 3.66. The summed E-state index contributed by atoms with van der Waals surface area (Å²) in [6, 6.07) is 11.6. The third-order valence-corrected chi connectivity index (χ3v) is 7.31. The Labute approximate surface area is 235 Å². The van der Waals surface area contributed by atoms with Crippen molar-refractivity contribution in [1.29, 1.82) is 0 Å². The molecule has 5 heterocycles. The molecule has 1 aromatic carbocycles. The van der Waals surface area contributed by atoms with Gasteiger partial charge in [-0.2, -0.15) is 9.97 Å². The standard InChI is InChI=1S/C28H28ClN9O2/c1-4-38-26-19(13-22(27(38)39)24-23(29)14-18(15-30-24)25-32-17(2)40-35-25)16-31-28(34-26)33-20-5-7-21(8-6-20)37-11-9-36(3)10-12-37/h5-8,13-16H,4,9-12H2,1-3H3,(H,31,33,34). The van der Waals surface area contributed by atoms with Gasteiger partial charge in [-0.05, 0) is 50.4 Å². The van der Waals surface area contributed by atoms with Crippen molar-refractivity contribution < 1.29 is 4.52 Å². The summed E-state index contributed by atoms with van der Waals surface area (Å²) < 4.78 is 6.64. The van der Waals surface area contributed by atoms with Gasteiger partial charge in [-0.15, -0.1) is 0 Å². The fourth-order valence-corrected chi connectivity index (χ4v) is 5.07. The highest BCUT2D eigenvalue weighted by molar-refractivity contribution is 6.33. The SMILES string of the molecule is CCn1c(=O)c(-c2ncc(-c3noc(C)n3)cc2Cl)cc2cnc(Nc3ccc(N4CCN(C)CC4)cc3)nc21. The average molecular weight is 558 g/mol. The summed E-state index contributed by atoms with van der Waals surface area (Å²) in [6.45, 7) is 8.15. The average Bonchev–Trinajstić information content (AvgIpc) is 3.40. The van der Waals surface area contributed by atoms with Crippen molar-refractivity contribution in [3.8, 4) is 22.6 Å². The van der Waals surface area contributed by atoms with Crippen molar-refractivity contribution >= 4 is 40.0 Å². The second-order valence-corrected chi connectivity index (χ2v) is 10.1. The second-order valence-electron chi connectivity index (χ2n) is 9.73. The number of benzene rings is 1. The Kier molecular flexibility index (Phi) is 6.91. The maximum Gasteiger partial charge on any atom is 0.261 e. The summed E-state index contributed by atoms with van der Waals surface area (Å²) in [5.74, 6) is 1.22. The van der Waals surface area contributed by atoms with Gasteiger partial charge in [-0.1, -0.05) is 16.8 Å². The van der Waals surface area contributed by atoms with Crippen molar-refractivity contribution in [2.45, 2.75) is 20.4 Å². The van der Waals surface area contributed by atoms with Crippen molar-refractivity contribution in [3.05, 3.63) is 70.1 Å². The number of aromatic nitrogens is 6. The first-order valence-corrected chi connectivity index (χ1v) is 13.4. The molecule has 1 fully saturated rings. The van der Waals surface area contributed by atoms with E-state index < -0.39 is 0 Å². The Morgan fingerprint density at radius 1 is 1.02 bits per heavy atom. The number of fused-ring (bicyclic) bond motifs is 1. The molecule has 1 aliphatic heterocycles. The Morgan fingerprint density at radius 3 is 2.48 bits per heavy atom. The number of rotatable bonds is 6. The first-order chi connectivity index (χ1) is 19.4. The number of piperazine rings is 1. The third kappa shape index (κ3) is 5.01. The molecule has 1 saturated heterocycles. The number of pyridine rings is 2. The number of halogens is 1. The van der Waals surface area contributed by atoms with Gasteiger partial charge >= 0.3 is 0 Å². The molecular formula is C28H28ClN9O2. The van der Waals surface area contributed by atoms with Crippen LogP contribution in [0, 0.1) is 6.92 Å². The highest BCUT2D eigenvalue weighted by Crippen LogP contribution is 2.29. The lowest BCUT2D eigenvalue weighted by Gasteiger charge is -2.34. The van der Waals surface area contributed by atoms with E-state index in [4.69, 9.17) is 16.1 Å². The van der Waals surface area contributed by atoms with Gasteiger partial charge in [0.2, 0.25) is 17.7 Å². The van der Waals surface area contributed by atoms with Crippen LogP contribution in [0.3, 0.4) is 0 Å². The van der Waals surface area contributed by atoms with E-state index in [2.05, 4.69) is 59.4 Å². The van der Waals surface area contributed by atoms with Crippen LogP contribution in [0.2, 0.25) is 5.02 Å². The minimum absolute atomic E-state index is 0.242. The molecule has 11 nitrogen and oxygen atoms in total. The number of nitrogens with zero attached hydrogens (tertiary/aromatic N) is 8. The van der Waals surface area contributed by atoms with Gasteiger partial charge in [0.25, 0.3) is 5.56 Å². The third-order valence-electron chi connectivity index (χ3n) is 7.02. The van der Waals surface area contributed by atoms with E-state index in [1.54, 1.807) is 36.0 Å². The largest absolute Gasteiger partial charge is 0.369 e. The van der Waals surface area contributed by atoms with Crippen LogP contribution in [0.4, 0.5) is 17.3 Å². The molecule has 0 spiro atoms. The number of hydrogen-bond donors (Lipinski definition) is 1. The van der Waals surface area contributed by atoms with Crippen molar-refractivity contribution in [2.24, 2.45) is 0 Å². The summed E-state index contributed by atoms with van der Waals surface area (Å²) in [5, 5.41) is 8.17. The van der Waals surface area contributed by atoms with Crippen molar-refractivity contribution in [1.82, 2.24) is 34.6 Å². The van der Waals surface area contributed by atoms with Crippen molar-refractivity contribution in [2.75, 3.05) is 43.4 Å². The maximum atomic E-state index is 13.5. The van der Waals surface area contributed by atoms with E-state index >= 15 is 0 Å². The van der Waals surface area contributed by atoms with Crippen LogP contribution in [0.25, 0.3) is 33.7 Å². The summed E-state index contributed by atoms with van der Waals surface area (Å²) in [4.78, 5) is 36.1. The molecule has 0 amide bonds. The second kappa shape index (κ2) is 10.7. The molecule has 1 aliphatic rings. The number of aryl methyl sites for hydroxylation is 2. The Morgan fingerprint density at radius 2 is 1.80 bits per heavy atom. The van der Waals surface area contributed by atoms with Gasteiger partial charge < -0.3 is 19.6 Å². The number of likely N-dealkylation sites (N-methyl/N-ethyl adjacent to an activating group) is 1. The van der Waals surface area contributed by atoms with E-state index in [9.17, 15) is 4.79 Å². The molecule has 0 bridgehead atoms. The zero-order chi connectivity index (χ0) is 27.8. The lowest BCUT2D eigenvalue weighted by atomic mass is 10.1. The Hall–Kier alpha value is -4.35. The fourth-order valence-electron chi connectivity index (χ4n) is 4.81. The molecule has 0 unspecified atom stereocenters. The topological polar surface area (TPSA) is 118 Å².